The molecule has 0 radical (unpaired) electrons. The molecule has 3 fully saturated rings. The number of rotatable bonds is 7. The van der Waals surface area contributed by atoms with Crippen LogP contribution in [-0.2, 0) is 4.79 Å². The Morgan fingerprint density at radius 3 is 1.94 bits per heavy atom. The summed E-state index contributed by atoms with van der Waals surface area (Å²) in [5.74, 6) is 1.12. The molecule has 3 saturated heterocycles. The van der Waals surface area contributed by atoms with E-state index in [9.17, 15) is 9.59 Å². The average molecular weight is 486 g/mol. The third-order valence-electron chi connectivity index (χ3n) is 7.44. The number of likely N-dealkylation sites (tertiary alicyclic amines) is 1. The number of ether oxygens (including phenoxy) is 1. The highest BCUT2D eigenvalue weighted by atomic mass is 16.5. The van der Waals surface area contributed by atoms with E-state index in [0.29, 0.717) is 26.2 Å². The second kappa shape index (κ2) is 12.5. The second-order valence-corrected chi connectivity index (χ2v) is 10.3. The molecular weight excluding hydrogens is 442 g/mol. The van der Waals surface area contributed by atoms with Gasteiger partial charge in [-0.05, 0) is 56.6 Å². The van der Waals surface area contributed by atoms with Gasteiger partial charge in [0.05, 0.1) is 6.61 Å². The molecule has 8 heteroatoms. The Balaban J connectivity index is 1.15. The lowest BCUT2D eigenvalue weighted by atomic mass is 10.1. The first-order valence-corrected chi connectivity index (χ1v) is 13.5. The lowest BCUT2D eigenvalue weighted by molar-refractivity contribution is -0.135. The molecule has 0 N–H and O–H groups in total. The first kappa shape index (κ1) is 25.6. The molecule has 194 valence electrons. The first-order valence-electron chi connectivity index (χ1n) is 13.5. The highest BCUT2D eigenvalue weighted by Crippen LogP contribution is 2.22. The van der Waals surface area contributed by atoms with Gasteiger partial charge >= 0.3 is 6.03 Å². The zero-order chi connectivity index (χ0) is 24.6. The van der Waals surface area contributed by atoms with Gasteiger partial charge in [0.1, 0.15) is 5.75 Å². The Hall–Kier alpha value is -2.48. The van der Waals surface area contributed by atoms with Crippen molar-refractivity contribution in [2.75, 3.05) is 83.5 Å². The minimum Gasteiger partial charge on any atom is -0.494 e. The summed E-state index contributed by atoms with van der Waals surface area (Å²) >= 11 is 0. The Morgan fingerprint density at radius 1 is 0.771 bits per heavy atom. The first-order chi connectivity index (χ1) is 17.0. The Kier molecular flexibility index (Phi) is 9.12. The van der Waals surface area contributed by atoms with Crippen LogP contribution in [0.3, 0.4) is 0 Å². The number of amides is 3. The summed E-state index contributed by atoms with van der Waals surface area (Å²) in [6, 6.07) is 8.48. The van der Waals surface area contributed by atoms with E-state index in [1.54, 1.807) is 0 Å². The van der Waals surface area contributed by atoms with Crippen LogP contribution in [-0.4, -0.2) is 110 Å². The lowest BCUT2D eigenvalue weighted by Gasteiger charge is -2.41. The van der Waals surface area contributed by atoms with Crippen molar-refractivity contribution in [2.45, 2.75) is 39.5 Å². The predicted molar refractivity (Wildman–Crippen MR) is 139 cm³/mol. The van der Waals surface area contributed by atoms with E-state index in [2.05, 4.69) is 34.1 Å². The number of nitrogens with zero attached hydrogens (tertiary/aromatic N) is 5. The SMILES string of the molecule is CC(C)C(=O)N1CCN(C(=O)N2CCN(c3ccc(OCCCN4CCCCC4)cc3)CC2)CC1. The third kappa shape index (κ3) is 7.03. The van der Waals surface area contributed by atoms with E-state index in [-0.39, 0.29) is 17.9 Å². The van der Waals surface area contributed by atoms with E-state index in [1.807, 2.05) is 28.5 Å². The van der Waals surface area contributed by atoms with Crippen molar-refractivity contribution < 1.29 is 14.3 Å². The maximum atomic E-state index is 13.0. The molecule has 0 atom stereocenters. The molecule has 0 saturated carbocycles. The quantitative estimate of drug-likeness (QED) is 0.556. The van der Waals surface area contributed by atoms with Crippen LogP contribution in [0.15, 0.2) is 24.3 Å². The number of benzene rings is 1. The van der Waals surface area contributed by atoms with E-state index in [0.717, 1.165) is 51.5 Å². The number of piperazine rings is 2. The van der Waals surface area contributed by atoms with Crippen molar-refractivity contribution in [1.82, 2.24) is 19.6 Å². The van der Waals surface area contributed by atoms with Gasteiger partial charge in [0.15, 0.2) is 0 Å². The standard InChI is InChI=1S/C27H43N5O3/c1-23(2)26(33)30-16-20-32(21-17-30)27(34)31-18-14-29(15-19-31)24-7-9-25(10-8-24)35-22-6-13-28-11-4-3-5-12-28/h7-10,23H,3-6,11-22H2,1-2H3. The van der Waals surface area contributed by atoms with Gasteiger partial charge in [-0.15, -0.1) is 0 Å². The summed E-state index contributed by atoms with van der Waals surface area (Å²) in [4.78, 5) is 35.8. The largest absolute Gasteiger partial charge is 0.494 e. The number of hydrogen-bond donors (Lipinski definition) is 0. The lowest BCUT2D eigenvalue weighted by Crippen LogP contribution is -2.57. The fourth-order valence-electron chi connectivity index (χ4n) is 5.25. The summed E-state index contributed by atoms with van der Waals surface area (Å²) in [5.41, 5.74) is 1.18. The van der Waals surface area contributed by atoms with Crippen LogP contribution >= 0.6 is 0 Å². The van der Waals surface area contributed by atoms with Gasteiger partial charge in [-0.2, -0.15) is 0 Å². The van der Waals surface area contributed by atoms with Crippen molar-refractivity contribution in [3.63, 3.8) is 0 Å². The smallest absolute Gasteiger partial charge is 0.320 e. The van der Waals surface area contributed by atoms with E-state index in [4.69, 9.17) is 4.74 Å². The fourth-order valence-corrected chi connectivity index (χ4v) is 5.25. The maximum Gasteiger partial charge on any atom is 0.320 e. The monoisotopic (exact) mass is 485 g/mol. The minimum absolute atomic E-state index is 0.00963. The summed E-state index contributed by atoms with van der Waals surface area (Å²) in [6.45, 7) is 13.8. The molecule has 0 bridgehead atoms. The summed E-state index contributed by atoms with van der Waals surface area (Å²) in [5, 5.41) is 0. The molecule has 0 aliphatic carbocycles. The van der Waals surface area contributed by atoms with Gasteiger partial charge in [-0.1, -0.05) is 20.3 Å². The van der Waals surface area contributed by atoms with Gasteiger partial charge in [0, 0.05) is 70.5 Å². The molecule has 0 aromatic heterocycles. The summed E-state index contributed by atoms with van der Waals surface area (Å²) < 4.78 is 5.96. The Bertz CT molecular complexity index is 809. The topological polar surface area (TPSA) is 59.6 Å². The van der Waals surface area contributed by atoms with Crippen molar-refractivity contribution in [1.29, 1.82) is 0 Å². The zero-order valence-corrected chi connectivity index (χ0v) is 21.7. The molecule has 3 aliphatic rings. The summed E-state index contributed by atoms with van der Waals surface area (Å²) in [7, 11) is 0. The number of anilines is 1. The van der Waals surface area contributed by atoms with Gasteiger partial charge in [-0.25, -0.2) is 4.79 Å². The minimum atomic E-state index is 0.00963. The van der Waals surface area contributed by atoms with Crippen molar-refractivity contribution >= 4 is 17.6 Å². The molecule has 35 heavy (non-hydrogen) atoms. The van der Waals surface area contributed by atoms with E-state index < -0.39 is 0 Å². The van der Waals surface area contributed by atoms with Gasteiger partial charge < -0.3 is 29.2 Å². The van der Waals surface area contributed by atoms with Crippen LogP contribution < -0.4 is 9.64 Å². The molecule has 0 spiro atoms. The highest BCUT2D eigenvalue weighted by molar-refractivity contribution is 5.79. The molecule has 3 amide bonds. The Morgan fingerprint density at radius 2 is 1.34 bits per heavy atom. The van der Waals surface area contributed by atoms with Gasteiger partial charge in [0.25, 0.3) is 0 Å². The van der Waals surface area contributed by atoms with E-state index >= 15 is 0 Å². The van der Waals surface area contributed by atoms with Crippen LogP contribution in [0.4, 0.5) is 10.5 Å². The van der Waals surface area contributed by atoms with Gasteiger partial charge in [0.2, 0.25) is 5.91 Å². The number of carbonyl (C=O) groups excluding carboxylic acids is 2. The van der Waals surface area contributed by atoms with Crippen molar-refractivity contribution in [2.24, 2.45) is 5.92 Å². The van der Waals surface area contributed by atoms with Gasteiger partial charge in [-0.3, -0.25) is 4.79 Å². The normalized spacial score (nSPS) is 19.9. The van der Waals surface area contributed by atoms with Crippen LogP contribution in [0.5, 0.6) is 5.75 Å². The average Bonchev–Trinajstić information content (AvgIpc) is 2.91. The van der Waals surface area contributed by atoms with Crippen molar-refractivity contribution in [3.05, 3.63) is 24.3 Å². The molecule has 4 rings (SSSR count). The summed E-state index contributed by atoms with van der Waals surface area (Å²) in [6.07, 6.45) is 5.12. The fraction of sp³-hybridized carbons (Fsp3) is 0.704. The molecule has 1 aromatic rings. The molecule has 8 nitrogen and oxygen atoms in total. The Labute approximate surface area is 210 Å². The maximum absolute atomic E-state index is 13.0. The molecular formula is C27H43N5O3. The third-order valence-corrected chi connectivity index (χ3v) is 7.44. The second-order valence-electron chi connectivity index (χ2n) is 10.3. The zero-order valence-electron chi connectivity index (χ0n) is 21.7. The molecule has 0 unspecified atom stereocenters. The highest BCUT2D eigenvalue weighted by Gasteiger charge is 2.29. The molecule has 3 aliphatic heterocycles. The predicted octanol–water partition coefficient (Wildman–Crippen LogP) is 2.98. The number of urea groups is 1. The molecule has 1 aromatic carbocycles. The van der Waals surface area contributed by atoms with Crippen molar-refractivity contribution in [3.8, 4) is 5.75 Å². The van der Waals surface area contributed by atoms with Crippen LogP contribution in [0.1, 0.15) is 39.5 Å². The number of carbonyl (C=O) groups is 2. The van der Waals surface area contributed by atoms with Crippen LogP contribution in [0.2, 0.25) is 0 Å². The number of hydrogen-bond acceptors (Lipinski definition) is 5. The van der Waals surface area contributed by atoms with E-state index in [1.165, 1.54) is 38.0 Å². The molecule has 3 heterocycles. The van der Waals surface area contributed by atoms with Crippen LogP contribution in [0, 0.1) is 5.92 Å². The number of piperidine rings is 1. The van der Waals surface area contributed by atoms with Crippen LogP contribution in [0.25, 0.3) is 0 Å².